The quantitative estimate of drug-likeness (QED) is 0.700. The van der Waals surface area contributed by atoms with Gasteiger partial charge < -0.3 is 5.73 Å². The average Bonchev–Trinajstić information content (AvgIpc) is 2.95. The Balaban J connectivity index is 1.83. The SMILES string of the molecule is CCn1nc(CC(N)=O)nc1CCn1cnc2ccccc2c1=O. The van der Waals surface area contributed by atoms with Gasteiger partial charge in [0.1, 0.15) is 5.82 Å². The lowest BCUT2D eigenvalue weighted by Crippen LogP contribution is -2.22. The Morgan fingerprint density at radius 1 is 1.29 bits per heavy atom. The molecule has 1 amide bonds. The van der Waals surface area contributed by atoms with Crippen LogP contribution >= 0.6 is 0 Å². The molecule has 2 heterocycles. The van der Waals surface area contributed by atoms with Gasteiger partial charge in [0, 0.05) is 19.5 Å². The third-order valence-corrected chi connectivity index (χ3v) is 3.73. The third kappa shape index (κ3) is 3.17. The maximum absolute atomic E-state index is 12.5. The summed E-state index contributed by atoms with van der Waals surface area (Å²) in [6.07, 6.45) is 2.07. The van der Waals surface area contributed by atoms with Crippen molar-refractivity contribution in [3.05, 3.63) is 52.6 Å². The number of hydrogen-bond donors (Lipinski definition) is 1. The van der Waals surface area contributed by atoms with E-state index in [1.165, 1.54) is 0 Å². The predicted octanol–water partition coefficient (Wildman–Crippen LogP) is 0.278. The number of carbonyl (C=O) groups is 1. The van der Waals surface area contributed by atoms with Crippen LogP contribution in [0.4, 0.5) is 0 Å². The van der Waals surface area contributed by atoms with E-state index in [1.54, 1.807) is 21.6 Å². The van der Waals surface area contributed by atoms with E-state index in [0.717, 1.165) is 0 Å². The minimum Gasteiger partial charge on any atom is -0.369 e. The second-order valence-corrected chi connectivity index (χ2v) is 5.41. The van der Waals surface area contributed by atoms with Crippen molar-refractivity contribution < 1.29 is 4.79 Å². The van der Waals surface area contributed by atoms with Crippen LogP contribution in [-0.4, -0.2) is 30.2 Å². The molecule has 124 valence electrons. The molecule has 8 heteroatoms. The minimum absolute atomic E-state index is 0.0114. The van der Waals surface area contributed by atoms with Crippen LogP contribution in [-0.2, 0) is 30.7 Å². The Labute approximate surface area is 137 Å². The fraction of sp³-hybridized carbons (Fsp3) is 0.312. The van der Waals surface area contributed by atoms with Crippen LogP contribution in [0.2, 0.25) is 0 Å². The highest BCUT2D eigenvalue weighted by atomic mass is 16.1. The molecule has 24 heavy (non-hydrogen) atoms. The lowest BCUT2D eigenvalue weighted by atomic mass is 10.2. The summed E-state index contributed by atoms with van der Waals surface area (Å²) < 4.78 is 3.28. The van der Waals surface area contributed by atoms with E-state index < -0.39 is 5.91 Å². The largest absolute Gasteiger partial charge is 0.369 e. The van der Waals surface area contributed by atoms with Gasteiger partial charge in [0.05, 0.1) is 23.7 Å². The van der Waals surface area contributed by atoms with Gasteiger partial charge >= 0.3 is 0 Å². The maximum atomic E-state index is 12.5. The monoisotopic (exact) mass is 326 g/mol. The molecule has 2 aromatic heterocycles. The molecule has 1 aromatic carbocycles. The summed E-state index contributed by atoms with van der Waals surface area (Å²) in [6, 6.07) is 7.24. The summed E-state index contributed by atoms with van der Waals surface area (Å²) in [4.78, 5) is 32.1. The zero-order valence-corrected chi connectivity index (χ0v) is 13.3. The zero-order valence-electron chi connectivity index (χ0n) is 13.3. The van der Waals surface area contributed by atoms with E-state index in [9.17, 15) is 9.59 Å². The standard InChI is InChI=1S/C16H18N6O2/c1-2-22-15(19-14(20-22)9-13(17)23)7-8-21-10-18-12-6-4-3-5-11(12)16(21)24/h3-6,10H,2,7-9H2,1H3,(H2,17,23). The van der Waals surface area contributed by atoms with E-state index in [0.29, 0.717) is 42.1 Å². The van der Waals surface area contributed by atoms with E-state index in [-0.39, 0.29) is 12.0 Å². The highest BCUT2D eigenvalue weighted by Crippen LogP contribution is 2.06. The highest BCUT2D eigenvalue weighted by molar-refractivity contribution is 5.77. The van der Waals surface area contributed by atoms with Crippen LogP contribution < -0.4 is 11.3 Å². The zero-order chi connectivity index (χ0) is 17.1. The molecule has 0 unspecified atom stereocenters. The van der Waals surface area contributed by atoms with Crippen LogP contribution in [0.1, 0.15) is 18.6 Å². The predicted molar refractivity (Wildman–Crippen MR) is 88.3 cm³/mol. The molecule has 3 aromatic rings. The number of aromatic nitrogens is 5. The minimum atomic E-state index is -0.468. The summed E-state index contributed by atoms with van der Waals surface area (Å²) in [7, 11) is 0. The normalized spacial score (nSPS) is 11.0. The third-order valence-electron chi connectivity index (χ3n) is 3.73. The topological polar surface area (TPSA) is 109 Å². The van der Waals surface area contributed by atoms with E-state index in [1.807, 2.05) is 25.1 Å². The lowest BCUT2D eigenvalue weighted by molar-refractivity contribution is -0.117. The Bertz CT molecular complexity index is 943. The second-order valence-electron chi connectivity index (χ2n) is 5.41. The van der Waals surface area contributed by atoms with Crippen LogP contribution in [0.25, 0.3) is 10.9 Å². The smallest absolute Gasteiger partial charge is 0.261 e. The average molecular weight is 326 g/mol. The molecule has 0 atom stereocenters. The van der Waals surface area contributed by atoms with E-state index in [2.05, 4.69) is 15.1 Å². The molecule has 8 nitrogen and oxygen atoms in total. The number of nitrogens with zero attached hydrogens (tertiary/aromatic N) is 5. The highest BCUT2D eigenvalue weighted by Gasteiger charge is 2.12. The molecule has 0 aliphatic carbocycles. The molecule has 0 aliphatic heterocycles. The summed E-state index contributed by atoms with van der Waals surface area (Å²) >= 11 is 0. The molecule has 0 saturated carbocycles. The van der Waals surface area contributed by atoms with E-state index in [4.69, 9.17) is 5.73 Å². The van der Waals surface area contributed by atoms with Crippen LogP contribution in [0, 0.1) is 0 Å². The Morgan fingerprint density at radius 3 is 2.83 bits per heavy atom. The summed E-state index contributed by atoms with van der Waals surface area (Å²) in [5.74, 6) is 0.655. The Hall–Kier alpha value is -3.03. The summed E-state index contributed by atoms with van der Waals surface area (Å²) in [6.45, 7) is 3.01. The van der Waals surface area contributed by atoms with Crippen LogP contribution in [0.3, 0.4) is 0 Å². The molecule has 0 aliphatic rings. The summed E-state index contributed by atoms with van der Waals surface area (Å²) in [5, 5.41) is 4.84. The van der Waals surface area contributed by atoms with Crippen molar-refractivity contribution in [3.8, 4) is 0 Å². The second kappa shape index (κ2) is 6.61. The first-order valence-electron chi connectivity index (χ1n) is 7.73. The Kier molecular flexibility index (Phi) is 4.37. The molecule has 0 spiro atoms. The van der Waals surface area contributed by atoms with Crippen molar-refractivity contribution in [2.75, 3.05) is 0 Å². The number of aryl methyl sites for hydroxylation is 3. The van der Waals surface area contributed by atoms with Gasteiger partial charge in [-0.15, -0.1) is 0 Å². The number of primary amides is 1. The summed E-state index contributed by atoms with van der Waals surface area (Å²) in [5.41, 5.74) is 5.78. The first-order valence-corrected chi connectivity index (χ1v) is 7.73. The number of para-hydroxylation sites is 1. The Morgan fingerprint density at radius 2 is 2.08 bits per heavy atom. The number of hydrogen-bond acceptors (Lipinski definition) is 5. The van der Waals surface area contributed by atoms with Gasteiger partial charge in [-0.1, -0.05) is 12.1 Å². The van der Waals surface area contributed by atoms with Crippen molar-refractivity contribution in [2.45, 2.75) is 32.9 Å². The van der Waals surface area contributed by atoms with Crippen molar-refractivity contribution in [1.29, 1.82) is 0 Å². The van der Waals surface area contributed by atoms with Crippen molar-refractivity contribution in [2.24, 2.45) is 5.73 Å². The van der Waals surface area contributed by atoms with Gasteiger partial charge in [0.15, 0.2) is 5.82 Å². The fourth-order valence-corrected chi connectivity index (χ4v) is 2.58. The van der Waals surface area contributed by atoms with Crippen LogP contribution in [0.5, 0.6) is 0 Å². The van der Waals surface area contributed by atoms with Gasteiger partial charge in [-0.05, 0) is 19.1 Å². The molecule has 0 saturated heterocycles. The molecular weight excluding hydrogens is 308 g/mol. The maximum Gasteiger partial charge on any atom is 0.261 e. The number of amides is 1. The van der Waals surface area contributed by atoms with Gasteiger partial charge in [-0.2, -0.15) is 5.10 Å². The van der Waals surface area contributed by atoms with Gasteiger partial charge in [-0.3, -0.25) is 18.8 Å². The first kappa shape index (κ1) is 15.9. The lowest BCUT2D eigenvalue weighted by Gasteiger charge is -2.06. The van der Waals surface area contributed by atoms with E-state index >= 15 is 0 Å². The van der Waals surface area contributed by atoms with Crippen molar-refractivity contribution in [3.63, 3.8) is 0 Å². The van der Waals surface area contributed by atoms with Crippen molar-refractivity contribution >= 4 is 16.8 Å². The van der Waals surface area contributed by atoms with Gasteiger partial charge in [0.25, 0.3) is 5.56 Å². The van der Waals surface area contributed by atoms with Crippen LogP contribution in [0.15, 0.2) is 35.4 Å². The van der Waals surface area contributed by atoms with Crippen molar-refractivity contribution in [1.82, 2.24) is 24.3 Å². The molecule has 2 N–H and O–H groups in total. The number of fused-ring (bicyclic) bond motifs is 1. The molecular formula is C16H18N6O2. The number of carbonyl (C=O) groups excluding carboxylic acids is 1. The molecule has 0 radical (unpaired) electrons. The molecule has 0 fully saturated rings. The fourth-order valence-electron chi connectivity index (χ4n) is 2.58. The van der Waals surface area contributed by atoms with Gasteiger partial charge in [0.2, 0.25) is 5.91 Å². The van der Waals surface area contributed by atoms with Gasteiger partial charge in [-0.25, -0.2) is 9.97 Å². The first-order chi connectivity index (χ1) is 11.6. The number of rotatable bonds is 6. The molecule has 3 rings (SSSR count). The number of benzene rings is 1. The molecule has 0 bridgehead atoms. The number of nitrogens with two attached hydrogens (primary N) is 1.